The molecule has 0 saturated carbocycles. The molecule has 2 aromatic carbocycles. The number of carbonyl (C=O) groups excluding carboxylic acids is 2. The smallest absolute Gasteiger partial charge is 0.419 e. The lowest BCUT2D eigenvalue weighted by Crippen LogP contribution is -2.19. The van der Waals surface area contributed by atoms with Crippen LogP contribution in [0.15, 0.2) is 54.6 Å². The molecule has 0 aliphatic carbocycles. The number of para-hydroxylation sites is 1. The number of fused-ring (bicyclic) bond motifs is 1. The van der Waals surface area contributed by atoms with E-state index in [1.807, 2.05) is 18.2 Å². The zero-order valence-electron chi connectivity index (χ0n) is 12.5. The maximum absolute atomic E-state index is 12.8. The monoisotopic (exact) mass is 327 g/mol. The van der Waals surface area contributed by atoms with E-state index in [0.29, 0.717) is 16.1 Å². The molecule has 0 radical (unpaired) electrons. The standard InChI is InChI=1S/C18H14ClNO3/c1-2-23-18(22)20-15-9-4-3-6-12(15)11-16(20)17(21)13-7-5-8-14(19)10-13/h3-11H,2H2,1H3. The Kier molecular flexibility index (Phi) is 4.17. The highest BCUT2D eigenvalue weighted by Gasteiger charge is 2.22. The van der Waals surface area contributed by atoms with Gasteiger partial charge < -0.3 is 4.74 Å². The zero-order chi connectivity index (χ0) is 16.4. The first-order valence-corrected chi connectivity index (χ1v) is 7.57. The molecular formula is C18H14ClNO3. The van der Waals surface area contributed by atoms with Crippen molar-refractivity contribution in [1.29, 1.82) is 0 Å². The molecule has 0 aliphatic rings. The summed E-state index contributed by atoms with van der Waals surface area (Å²) in [7, 11) is 0. The molecule has 0 amide bonds. The Morgan fingerprint density at radius 2 is 1.87 bits per heavy atom. The number of ketones is 1. The quantitative estimate of drug-likeness (QED) is 0.664. The molecule has 0 fully saturated rings. The second-order valence-corrected chi connectivity index (χ2v) is 5.40. The van der Waals surface area contributed by atoms with Crippen LogP contribution in [0.25, 0.3) is 10.9 Å². The topological polar surface area (TPSA) is 48.3 Å². The van der Waals surface area contributed by atoms with Gasteiger partial charge in [-0.3, -0.25) is 4.79 Å². The summed E-state index contributed by atoms with van der Waals surface area (Å²) in [6, 6.07) is 15.6. The van der Waals surface area contributed by atoms with Crippen molar-refractivity contribution in [2.24, 2.45) is 0 Å². The highest BCUT2D eigenvalue weighted by Crippen LogP contribution is 2.23. The number of nitrogens with zero attached hydrogens (tertiary/aromatic N) is 1. The molecule has 0 N–H and O–H groups in total. The Morgan fingerprint density at radius 1 is 1.09 bits per heavy atom. The molecule has 23 heavy (non-hydrogen) atoms. The second-order valence-electron chi connectivity index (χ2n) is 4.96. The van der Waals surface area contributed by atoms with Crippen LogP contribution < -0.4 is 0 Å². The summed E-state index contributed by atoms with van der Waals surface area (Å²) < 4.78 is 6.40. The van der Waals surface area contributed by atoms with Gasteiger partial charge in [-0.1, -0.05) is 41.9 Å². The Bertz CT molecular complexity index is 898. The van der Waals surface area contributed by atoms with Crippen LogP contribution in [0.2, 0.25) is 5.02 Å². The van der Waals surface area contributed by atoms with Crippen molar-refractivity contribution in [3.05, 3.63) is 70.9 Å². The largest absolute Gasteiger partial charge is 0.449 e. The van der Waals surface area contributed by atoms with E-state index in [2.05, 4.69) is 0 Å². The predicted octanol–water partition coefficient (Wildman–Crippen LogP) is 4.53. The van der Waals surface area contributed by atoms with Crippen LogP contribution in [0.5, 0.6) is 0 Å². The lowest BCUT2D eigenvalue weighted by atomic mass is 10.1. The van der Waals surface area contributed by atoms with Crippen LogP contribution in [0.3, 0.4) is 0 Å². The van der Waals surface area contributed by atoms with E-state index in [4.69, 9.17) is 16.3 Å². The SMILES string of the molecule is CCOC(=O)n1c(C(=O)c2cccc(Cl)c2)cc2ccccc21. The molecule has 0 atom stereocenters. The predicted molar refractivity (Wildman–Crippen MR) is 89.2 cm³/mol. The minimum absolute atomic E-state index is 0.232. The third-order valence-electron chi connectivity index (χ3n) is 3.48. The zero-order valence-corrected chi connectivity index (χ0v) is 13.2. The fourth-order valence-electron chi connectivity index (χ4n) is 2.48. The average Bonchev–Trinajstić information content (AvgIpc) is 2.94. The summed E-state index contributed by atoms with van der Waals surface area (Å²) >= 11 is 5.96. The fraction of sp³-hybridized carbons (Fsp3) is 0.111. The van der Waals surface area contributed by atoms with Gasteiger partial charge in [0, 0.05) is 16.0 Å². The number of carbonyl (C=O) groups is 2. The van der Waals surface area contributed by atoms with E-state index in [1.165, 1.54) is 4.57 Å². The average molecular weight is 328 g/mol. The van der Waals surface area contributed by atoms with Crippen LogP contribution in [-0.2, 0) is 4.74 Å². The molecule has 4 nitrogen and oxygen atoms in total. The van der Waals surface area contributed by atoms with Crippen molar-refractivity contribution in [3.63, 3.8) is 0 Å². The molecule has 5 heteroatoms. The molecule has 0 spiro atoms. The van der Waals surface area contributed by atoms with Crippen LogP contribution in [0, 0.1) is 0 Å². The van der Waals surface area contributed by atoms with Gasteiger partial charge in [0.2, 0.25) is 5.78 Å². The third kappa shape index (κ3) is 2.85. The Balaban J connectivity index is 2.18. The summed E-state index contributed by atoms with van der Waals surface area (Å²) in [4.78, 5) is 25.1. The van der Waals surface area contributed by atoms with Gasteiger partial charge in [-0.25, -0.2) is 9.36 Å². The van der Waals surface area contributed by atoms with Gasteiger partial charge in [0.05, 0.1) is 12.1 Å². The molecule has 0 bridgehead atoms. The van der Waals surface area contributed by atoms with Gasteiger partial charge in [0.15, 0.2) is 0 Å². The second kappa shape index (κ2) is 6.26. The first-order chi connectivity index (χ1) is 11.1. The van der Waals surface area contributed by atoms with Crippen molar-refractivity contribution in [1.82, 2.24) is 4.57 Å². The summed E-state index contributed by atoms with van der Waals surface area (Å²) in [6.07, 6.45) is -0.570. The number of ether oxygens (including phenoxy) is 1. The molecule has 0 aliphatic heterocycles. The van der Waals surface area contributed by atoms with Crippen molar-refractivity contribution in [3.8, 4) is 0 Å². The number of hydrogen-bond donors (Lipinski definition) is 0. The minimum atomic E-state index is -0.570. The summed E-state index contributed by atoms with van der Waals surface area (Å²) in [5.41, 5.74) is 1.31. The van der Waals surface area contributed by atoms with Crippen molar-refractivity contribution < 1.29 is 14.3 Å². The molecule has 1 heterocycles. The molecule has 0 unspecified atom stereocenters. The van der Waals surface area contributed by atoms with Gasteiger partial charge in [0.25, 0.3) is 0 Å². The van der Waals surface area contributed by atoms with Crippen molar-refractivity contribution in [2.75, 3.05) is 6.61 Å². The van der Waals surface area contributed by atoms with E-state index in [1.54, 1.807) is 43.3 Å². The van der Waals surface area contributed by atoms with E-state index in [-0.39, 0.29) is 18.1 Å². The van der Waals surface area contributed by atoms with Gasteiger partial charge in [-0.05, 0) is 31.2 Å². The van der Waals surface area contributed by atoms with Gasteiger partial charge >= 0.3 is 6.09 Å². The lowest BCUT2D eigenvalue weighted by molar-refractivity contribution is 0.102. The summed E-state index contributed by atoms with van der Waals surface area (Å²) in [6.45, 7) is 1.96. The number of rotatable bonds is 3. The van der Waals surface area contributed by atoms with Crippen LogP contribution in [-0.4, -0.2) is 23.1 Å². The van der Waals surface area contributed by atoms with E-state index in [0.717, 1.165) is 5.39 Å². The molecule has 0 saturated heterocycles. The minimum Gasteiger partial charge on any atom is -0.449 e. The number of aromatic nitrogens is 1. The van der Waals surface area contributed by atoms with Gasteiger partial charge in [-0.2, -0.15) is 0 Å². The van der Waals surface area contributed by atoms with E-state index < -0.39 is 6.09 Å². The molecule has 116 valence electrons. The molecule has 3 aromatic rings. The summed E-state index contributed by atoms with van der Waals surface area (Å²) in [5, 5.41) is 1.26. The lowest BCUT2D eigenvalue weighted by Gasteiger charge is -2.08. The number of benzene rings is 2. The van der Waals surface area contributed by atoms with Crippen LogP contribution >= 0.6 is 11.6 Å². The van der Waals surface area contributed by atoms with Crippen LogP contribution in [0.4, 0.5) is 4.79 Å². The molecular weight excluding hydrogens is 314 g/mol. The fourth-order valence-corrected chi connectivity index (χ4v) is 2.67. The van der Waals surface area contributed by atoms with Crippen molar-refractivity contribution >= 4 is 34.4 Å². The first-order valence-electron chi connectivity index (χ1n) is 7.19. The Hall–Kier alpha value is -2.59. The maximum Gasteiger partial charge on any atom is 0.419 e. The van der Waals surface area contributed by atoms with E-state index >= 15 is 0 Å². The third-order valence-corrected chi connectivity index (χ3v) is 3.72. The maximum atomic E-state index is 12.8. The van der Waals surface area contributed by atoms with Gasteiger partial charge in [-0.15, -0.1) is 0 Å². The first kappa shape index (κ1) is 15.3. The molecule has 3 rings (SSSR count). The Labute approximate surface area is 138 Å². The number of halogens is 1. The van der Waals surface area contributed by atoms with Crippen molar-refractivity contribution in [2.45, 2.75) is 6.92 Å². The Morgan fingerprint density at radius 3 is 2.61 bits per heavy atom. The van der Waals surface area contributed by atoms with E-state index in [9.17, 15) is 9.59 Å². The highest BCUT2D eigenvalue weighted by atomic mass is 35.5. The molecule has 1 aromatic heterocycles. The summed E-state index contributed by atoms with van der Waals surface area (Å²) in [5.74, 6) is -0.281. The van der Waals surface area contributed by atoms with Gasteiger partial charge in [0.1, 0.15) is 5.69 Å². The number of hydrogen-bond acceptors (Lipinski definition) is 3. The highest BCUT2D eigenvalue weighted by molar-refractivity contribution is 6.31. The van der Waals surface area contributed by atoms with Crippen LogP contribution in [0.1, 0.15) is 23.0 Å². The normalized spacial score (nSPS) is 10.7.